The summed E-state index contributed by atoms with van der Waals surface area (Å²) in [5.41, 5.74) is 10.3. The molecular weight excluding hydrogens is 402 g/mol. The van der Waals surface area contributed by atoms with E-state index in [2.05, 4.69) is 4.72 Å². The first-order valence-electron chi connectivity index (χ1n) is 8.94. The molecule has 2 aromatic heterocycles. The van der Waals surface area contributed by atoms with E-state index in [0.717, 1.165) is 16.7 Å². The van der Waals surface area contributed by atoms with Crippen molar-refractivity contribution < 1.29 is 18.0 Å². The van der Waals surface area contributed by atoms with Gasteiger partial charge in [0.25, 0.3) is 11.3 Å². The number of nitrogens with two attached hydrogens (primary N) is 1. The normalized spacial score (nSPS) is 11.8. The molecule has 7 nitrogen and oxygen atoms in total. The van der Waals surface area contributed by atoms with Crippen LogP contribution in [-0.4, -0.2) is 19.7 Å². The summed E-state index contributed by atoms with van der Waals surface area (Å²) in [5.74, 6) is 0.145. The van der Waals surface area contributed by atoms with Crippen molar-refractivity contribution in [2.45, 2.75) is 0 Å². The first kappa shape index (κ1) is 19.6. The third-order valence-corrected chi connectivity index (χ3v) is 4.90. The zero-order chi connectivity index (χ0) is 21.1. The van der Waals surface area contributed by atoms with Crippen LogP contribution < -0.4 is 10.5 Å². The maximum atomic E-state index is 11.4. The number of carbonyl (C=O) groups is 1. The van der Waals surface area contributed by atoms with Crippen molar-refractivity contribution in [3.8, 4) is 33.8 Å². The fourth-order valence-corrected chi connectivity index (χ4v) is 3.37. The lowest BCUT2D eigenvalue weighted by molar-refractivity contribution is 0.100. The second-order valence-corrected chi connectivity index (χ2v) is 7.18. The van der Waals surface area contributed by atoms with Gasteiger partial charge in [-0.05, 0) is 59.7 Å². The molecule has 0 bridgehead atoms. The van der Waals surface area contributed by atoms with Crippen LogP contribution in [-0.2, 0) is 11.3 Å². The number of nitrogens with zero attached hydrogens (tertiary/aromatic N) is 1. The number of nitrogens with one attached hydrogen (secondary N) is 1. The molecule has 0 aliphatic rings. The Morgan fingerprint density at radius 3 is 2.20 bits per heavy atom. The number of amides is 1. The minimum absolute atomic E-state index is 0.434. The molecule has 0 saturated heterocycles. The van der Waals surface area contributed by atoms with E-state index >= 15 is 0 Å². The molecule has 2 aromatic carbocycles. The molecule has 0 aliphatic heterocycles. The highest BCUT2D eigenvalue weighted by Crippen LogP contribution is 2.31. The van der Waals surface area contributed by atoms with Gasteiger partial charge in [-0.1, -0.05) is 24.3 Å². The van der Waals surface area contributed by atoms with Crippen molar-refractivity contribution in [2.75, 3.05) is 4.72 Å². The average Bonchev–Trinajstić information content (AvgIpc) is 3.29. The highest BCUT2D eigenvalue weighted by atomic mass is 32.2. The van der Waals surface area contributed by atoms with Gasteiger partial charge in [-0.15, -0.1) is 0 Å². The fraction of sp³-hybridized carbons (Fsp3) is 0. The summed E-state index contributed by atoms with van der Waals surface area (Å²) in [6.07, 6.45) is 1.58. The van der Waals surface area contributed by atoms with Crippen LogP contribution in [0.2, 0.25) is 0 Å². The Bertz CT molecular complexity index is 1200. The Hall–Kier alpha value is -3.75. The minimum Gasteiger partial charge on any atom is -0.463 e. The predicted octanol–water partition coefficient (Wildman–Crippen LogP) is 4.32. The smallest absolute Gasteiger partial charge is 0.259 e. The summed E-state index contributed by atoms with van der Waals surface area (Å²) in [4.78, 5) is 16.1. The quantitative estimate of drug-likeness (QED) is 0.402. The van der Waals surface area contributed by atoms with Gasteiger partial charge in [-0.25, -0.2) is 9.19 Å². The second-order valence-electron chi connectivity index (χ2n) is 6.47. The lowest BCUT2D eigenvalue weighted by atomic mass is 10.0. The Morgan fingerprint density at radius 2 is 1.60 bits per heavy atom. The number of furan rings is 1. The van der Waals surface area contributed by atoms with E-state index in [4.69, 9.17) is 19.7 Å². The highest BCUT2D eigenvalue weighted by molar-refractivity contribution is 7.80. The monoisotopic (exact) mass is 419 g/mol. The Morgan fingerprint density at radius 1 is 0.933 bits per heavy atom. The molecule has 150 valence electrons. The molecule has 0 fully saturated rings. The maximum absolute atomic E-state index is 11.4. The predicted molar refractivity (Wildman–Crippen MR) is 116 cm³/mol. The van der Waals surface area contributed by atoms with Gasteiger partial charge < -0.3 is 10.2 Å². The fourth-order valence-electron chi connectivity index (χ4n) is 3.03. The molecule has 0 saturated carbocycles. The summed E-state index contributed by atoms with van der Waals surface area (Å²) in [7, 11) is 0. The van der Waals surface area contributed by atoms with E-state index in [0.29, 0.717) is 28.4 Å². The van der Waals surface area contributed by atoms with Crippen LogP contribution in [0.25, 0.3) is 33.8 Å². The topological polar surface area (TPSA) is 118 Å². The van der Waals surface area contributed by atoms with Crippen molar-refractivity contribution in [1.82, 2.24) is 4.98 Å². The molecule has 1 amide bonds. The first-order valence-corrected chi connectivity index (χ1v) is 10.0. The van der Waals surface area contributed by atoms with Crippen LogP contribution >= 0.6 is 0 Å². The van der Waals surface area contributed by atoms with Gasteiger partial charge in [-0.2, -0.15) is 0 Å². The van der Waals surface area contributed by atoms with Gasteiger partial charge in [-0.3, -0.25) is 14.1 Å². The SMILES string of the molecule is NC(=O)c1ccc(-c2cc(-c3ccc(NS(=O)O)cc3)nc(-c3ccco3)c2)cc1. The molecule has 1 unspecified atom stereocenters. The van der Waals surface area contributed by atoms with Crippen LogP contribution in [0, 0.1) is 0 Å². The largest absolute Gasteiger partial charge is 0.463 e. The van der Waals surface area contributed by atoms with E-state index in [-0.39, 0.29) is 0 Å². The van der Waals surface area contributed by atoms with Gasteiger partial charge in [0.2, 0.25) is 5.91 Å². The number of benzene rings is 2. The number of primary amides is 1. The van der Waals surface area contributed by atoms with Gasteiger partial charge in [0, 0.05) is 16.8 Å². The van der Waals surface area contributed by atoms with E-state index in [1.165, 1.54) is 0 Å². The van der Waals surface area contributed by atoms with E-state index < -0.39 is 17.2 Å². The first-order chi connectivity index (χ1) is 14.5. The van der Waals surface area contributed by atoms with Gasteiger partial charge in [0.15, 0.2) is 5.76 Å². The van der Waals surface area contributed by atoms with Crippen LogP contribution in [0.4, 0.5) is 5.69 Å². The van der Waals surface area contributed by atoms with Crippen molar-refractivity contribution in [3.05, 3.63) is 84.6 Å². The summed E-state index contributed by atoms with van der Waals surface area (Å²) in [6.45, 7) is 0. The Kier molecular flexibility index (Phi) is 5.42. The Labute approximate surface area is 175 Å². The number of anilines is 1. The number of aromatic nitrogens is 1. The highest BCUT2D eigenvalue weighted by Gasteiger charge is 2.11. The van der Waals surface area contributed by atoms with Crippen molar-refractivity contribution >= 4 is 22.9 Å². The molecule has 8 heteroatoms. The maximum Gasteiger partial charge on any atom is 0.259 e. The van der Waals surface area contributed by atoms with E-state index in [1.807, 2.05) is 42.5 Å². The molecule has 4 rings (SSSR count). The average molecular weight is 419 g/mol. The molecule has 4 aromatic rings. The molecule has 30 heavy (non-hydrogen) atoms. The van der Waals surface area contributed by atoms with E-state index in [9.17, 15) is 9.00 Å². The third kappa shape index (κ3) is 4.29. The molecular formula is C22H17N3O4S. The van der Waals surface area contributed by atoms with Crippen LogP contribution in [0.1, 0.15) is 10.4 Å². The zero-order valence-electron chi connectivity index (χ0n) is 15.6. The molecule has 0 aliphatic carbocycles. The van der Waals surface area contributed by atoms with Crippen LogP contribution in [0.15, 0.2) is 83.5 Å². The second kappa shape index (κ2) is 8.32. The summed E-state index contributed by atoms with van der Waals surface area (Å²) in [6, 6.07) is 21.5. The lowest BCUT2D eigenvalue weighted by Gasteiger charge is -2.10. The van der Waals surface area contributed by atoms with E-state index in [1.54, 1.807) is 36.6 Å². The number of pyridine rings is 1. The summed E-state index contributed by atoms with van der Waals surface area (Å²) >= 11 is -2.14. The standard InChI is InChI=1S/C22H17N3O4S/c23-22(26)16-5-3-14(4-6-16)17-12-19(24-20(13-17)21-2-1-11-29-21)15-7-9-18(10-8-15)25-30(27)28/h1-13,25H,(H2,23,26)(H,27,28). The number of hydrogen-bond donors (Lipinski definition) is 3. The van der Waals surface area contributed by atoms with Gasteiger partial charge >= 0.3 is 0 Å². The molecule has 0 spiro atoms. The number of rotatable bonds is 6. The number of hydrogen-bond acceptors (Lipinski definition) is 4. The van der Waals surface area contributed by atoms with Crippen LogP contribution in [0.5, 0.6) is 0 Å². The number of carbonyl (C=O) groups excluding carboxylic acids is 1. The minimum atomic E-state index is -2.14. The van der Waals surface area contributed by atoms with Crippen molar-refractivity contribution in [3.63, 3.8) is 0 Å². The molecule has 2 heterocycles. The summed E-state index contributed by atoms with van der Waals surface area (Å²) < 4.78 is 27.8. The van der Waals surface area contributed by atoms with Crippen molar-refractivity contribution in [1.29, 1.82) is 0 Å². The molecule has 0 radical (unpaired) electrons. The molecule has 1 atom stereocenters. The Balaban J connectivity index is 1.78. The van der Waals surface area contributed by atoms with Crippen LogP contribution in [0.3, 0.4) is 0 Å². The third-order valence-electron chi connectivity index (χ3n) is 4.49. The van der Waals surface area contributed by atoms with Crippen molar-refractivity contribution in [2.24, 2.45) is 5.73 Å². The lowest BCUT2D eigenvalue weighted by Crippen LogP contribution is -2.10. The zero-order valence-corrected chi connectivity index (χ0v) is 16.4. The summed E-state index contributed by atoms with van der Waals surface area (Å²) in [5, 5.41) is 0. The molecule has 4 N–H and O–H groups in total. The van der Waals surface area contributed by atoms with Gasteiger partial charge in [0.1, 0.15) is 5.69 Å². The van der Waals surface area contributed by atoms with Gasteiger partial charge in [0.05, 0.1) is 12.0 Å².